The third-order valence-corrected chi connectivity index (χ3v) is 5.14. The van der Waals surface area contributed by atoms with E-state index in [1.165, 1.54) is 6.08 Å². The molecule has 37 heavy (non-hydrogen) atoms. The van der Waals surface area contributed by atoms with Crippen molar-refractivity contribution in [3.05, 3.63) is 103 Å². The summed E-state index contributed by atoms with van der Waals surface area (Å²) in [6.45, 7) is 6.21. The molecule has 0 saturated carbocycles. The van der Waals surface area contributed by atoms with Gasteiger partial charge in [0.25, 0.3) is 0 Å². The Kier molecular flexibility index (Phi) is 9.51. The van der Waals surface area contributed by atoms with Gasteiger partial charge in [0.15, 0.2) is 5.78 Å². The maximum absolute atomic E-state index is 12.6. The lowest BCUT2D eigenvalue weighted by Crippen LogP contribution is -2.11. The second-order valence-corrected chi connectivity index (χ2v) is 7.76. The van der Waals surface area contributed by atoms with E-state index in [0.29, 0.717) is 17.7 Å². The van der Waals surface area contributed by atoms with Crippen LogP contribution in [-0.4, -0.2) is 30.5 Å². The van der Waals surface area contributed by atoms with E-state index in [1.54, 1.807) is 36.4 Å². The molecule has 7 nitrogen and oxygen atoms in total. The standard InChI is InChI=1S/C30H24O7/c1-3-26(31)7-5-6-22-8-12-24-19-25(14-13-23(24)18-22)30(34)37-27-15-9-21(10-16-27)11-17-29(33)36-20-35-28(32)4-2/h3-4,8-10,12-16,18-19H,1-2,7,11,17,20H2. The lowest BCUT2D eigenvalue weighted by molar-refractivity contribution is -0.163. The molecule has 3 aromatic rings. The largest absolute Gasteiger partial charge is 0.428 e. The summed E-state index contributed by atoms with van der Waals surface area (Å²) < 4.78 is 14.9. The first-order valence-electron chi connectivity index (χ1n) is 11.3. The van der Waals surface area contributed by atoms with Gasteiger partial charge in [-0.3, -0.25) is 9.59 Å². The number of rotatable bonds is 10. The molecule has 186 valence electrons. The van der Waals surface area contributed by atoms with E-state index >= 15 is 0 Å². The third kappa shape index (κ3) is 8.34. The molecule has 0 aliphatic carbocycles. The monoisotopic (exact) mass is 496 g/mol. The Hall–Kier alpha value is -4.96. The summed E-state index contributed by atoms with van der Waals surface area (Å²) in [7, 11) is 0. The van der Waals surface area contributed by atoms with Gasteiger partial charge in [-0.2, -0.15) is 0 Å². The van der Waals surface area contributed by atoms with E-state index in [-0.39, 0.29) is 18.6 Å². The van der Waals surface area contributed by atoms with Crippen LogP contribution in [0.1, 0.15) is 34.3 Å². The molecule has 0 radical (unpaired) electrons. The number of fused-ring (bicyclic) bond motifs is 1. The minimum Gasteiger partial charge on any atom is -0.428 e. The van der Waals surface area contributed by atoms with E-state index in [2.05, 4.69) is 29.7 Å². The van der Waals surface area contributed by atoms with E-state index in [1.807, 2.05) is 24.3 Å². The average molecular weight is 497 g/mol. The lowest BCUT2D eigenvalue weighted by Gasteiger charge is -2.07. The number of ether oxygens (including phenoxy) is 3. The fourth-order valence-electron chi connectivity index (χ4n) is 3.18. The Morgan fingerprint density at radius 1 is 0.838 bits per heavy atom. The zero-order chi connectivity index (χ0) is 26.6. The van der Waals surface area contributed by atoms with Gasteiger partial charge in [-0.05, 0) is 65.2 Å². The van der Waals surface area contributed by atoms with E-state index < -0.39 is 24.7 Å². The fourth-order valence-corrected chi connectivity index (χ4v) is 3.18. The van der Waals surface area contributed by atoms with Gasteiger partial charge in [-0.1, -0.05) is 49.3 Å². The van der Waals surface area contributed by atoms with Gasteiger partial charge < -0.3 is 14.2 Å². The number of hydrogen-bond donors (Lipinski definition) is 0. The fraction of sp³-hybridized carbons (Fsp3) is 0.133. The molecule has 0 aromatic heterocycles. The summed E-state index contributed by atoms with van der Waals surface area (Å²) in [6, 6.07) is 17.6. The SMILES string of the molecule is C=CC(=O)CC#Cc1ccc2cc(C(=O)Oc3ccc(CCC(=O)OCOC(=O)C=C)cc3)ccc2c1. The molecule has 3 rings (SSSR count). The Morgan fingerprint density at radius 2 is 1.57 bits per heavy atom. The Labute approximate surface area is 214 Å². The van der Waals surface area contributed by atoms with Crippen LogP contribution < -0.4 is 4.74 Å². The van der Waals surface area contributed by atoms with Gasteiger partial charge >= 0.3 is 17.9 Å². The summed E-state index contributed by atoms with van der Waals surface area (Å²) in [5.41, 5.74) is 2.01. The molecule has 3 aromatic carbocycles. The zero-order valence-electron chi connectivity index (χ0n) is 20.0. The highest BCUT2D eigenvalue weighted by molar-refractivity contribution is 5.96. The number of esters is 3. The Bertz CT molecular complexity index is 1410. The van der Waals surface area contributed by atoms with Crippen molar-refractivity contribution in [2.45, 2.75) is 19.3 Å². The summed E-state index contributed by atoms with van der Waals surface area (Å²) in [5.74, 6) is 4.33. The third-order valence-electron chi connectivity index (χ3n) is 5.14. The maximum Gasteiger partial charge on any atom is 0.343 e. The van der Waals surface area contributed by atoms with Crippen molar-refractivity contribution in [3.8, 4) is 17.6 Å². The molecule has 0 N–H and O–H groups in total. The van der Waals surface area contributed by atoms with Crippen molar-refractivity contribution in [1.29, 1.82) is 0 Å². The highest BCUT2D eigenvalue weighted by atomic mass is 16.7. The topological polar surface area (TPSA) is 96.0 Å². The molecule has 0 unspecified atom stereocenters. The smallest absolute Gasteiger partial charge is 0.343 e. The summed E-state index contributed by atoms with van der Waals surface area (Å²) in [6.07, 6.45) is 2.85. The molecule has 0 aliphatic heterocycles. The van der Waals surface area contributed by atoms with Gasteiger partial charge in [0.2, 0.25) is 6.79 Å². The van der Waals surface area contributed by atoms with Crippen LogP contribution in [0.15, 0.2) is 86.0 Å². The van der Waals surface area contributed by atoms with E-state index in [9.17, 15) is 19.2 Å². The minimum absolute atomic E-state index is 0.0993. The molecular formula is C30H24O7. The molecule has 0 saturated heterocycles. The molecule has 0 bridgehead atoms. The summed E-state index contributed by atoms with van der Waals surface area (Å²) >= 11 is 0. The van der Waals surface area contributed by atoms with Crippen molar-refractivity contribution in [1.82, 2.24) is 0 Å². The molecule has 0 spiro atoms. The predicted octanol–water partition coefficient (Wildman–Crippen LogP) is 4.72. The maximum atomic E-state index is 12.6. The highest BCUT2D eigenvalue weighted by Crippen LogP contribution is 2.20. The molecule has 0 heterocycles. The zero-order valence-corrected chi connectivity index (χ0v) is 20.0. The number of benzene rings is 3. The van der Waals surface area contributed by atoms with Gasteiger partial charge in [0.1, 0.15) is 5.75 Å². The molecule has 0 fully saturated rings. The molecule has 0 amide bonds. The Balaban J connectivity index is 1.54. The molecule has 7 heteroatoms. The van der Waals surface area contributed by atoms with Crippen LogP contribution in [0.5, 0.6) is 5.75 Å². The van der Waals surface area contributed by atoms with Gasteiger partial charge in [0, 0.05) is 18.1 Å². The van der Waals surface area contributed by atoms with Gasteiger partial charge in [-0.15, -0.1) is 0 Å². The van der Waals surface area contributed by atoms with Crippen LogP contribution in [0.3, 0.4) is 0 Å². The predicted molar refractivity (Wildman–Crippen MR) is 138 cm³/mol. The number of carbonyl (C=O) groups is 4. The first kappa shape index (κ1) is 26.6. The number of ketones is 1. The van der Waals surface area contributed by atoms with Gasteiger partial charge in [-0.25, -0.2) is 9.59 Å². The number of carbonyl (C=O) groups excluding carboxylic acids is 4. The van der Waals surface area contributed by atoms with Crippen LogP contribution in [-0.2, 0) is 30.3 Å². The average Bonchev–Trinajstić information content (AvgIpc) is 2.92. The van der Waals surface area contributed by atoms with Crippen molar-refractivity contribution in [2.24, 2.45) is 0 Å². The highest BCUT2D eigenvalue weighted by Gasteiger charge is 2.11. The minimum atomic E-state index is -0.671. The number of hydrogen-bond acceptors (Lipinski definition) is 7. The number of aryl methyl sites for hydroxylation is 1. The van der Waals surface area contributed by atoms with Crippen molar-refractivity contribution >= 4 is 34.5 Å². The van der Waals surface area contributed by atoms with Crippen molar-refractivity contribution in [2.75, 3.05) is 6.79 Å². The Morgan fingerprint density at radius 3 is 2.30 bits per heavy atom. The molecular weight excluding hydrogens is 472 g/mol. The van der Waals surface area contributed by atoms with Crippen LogP contribution in [0.25, 0.3) is 10.8 Å². The molecule has 0 atom stereocenters. The van der Waals surface area contributed by atoms with Gasteiger partial charge in [0.05, 0.1) is 12.0 Å². The quantitative estimate of drug-likeness (QED) is 0.132. The van der Waals surface area contributed by atoms with E-state index in [0.717, 1.165) is 28.0 Å². The summed E-state index contributed by atoms with van der Waals surface area (Å²) in [5, 5.41) is 1.75. The summed E-state index contributed by atoms with van der Waals surface area (Å²) in [4.78, 5) is 46.6. The second kappa shape index (κ2) is 13.2. The first-order chi connectivity index (χ1) is 17.9. The number of allylic oxidation sites excluding steroid dienone is 1. The molecule has 0 aliphatic rings. The normalized spacial score (nSPS) is 9.95. The van der Waals surface area contributed by atoms with Crippen molar-refractivity contribution < 1.29 is 33.4 Å². The van der Waals surface area contributed by atoms with E-state index in [4.69, 9.17) is 9.47 Å². The van der Waals surface area contributed by atoms with Crippen LogP contribution in [0.2, 0.25) is 0 Å². The van der Waals surface area contributed by atoms with Crippen LogP contribution in [0.4, 0.5) is 0 Å². The van der Waals surface area contributed by atoms with Crippen molar-refractivity contribution in [3.63, 3.8) is 0 Å². The van der Waals surface area contributed by atoms with Crippen LogP contribution >= 0.6 is 0 Å². The lowest BCUT2D eigenvalue weighted by atomic mass is 10.0. The second-order valence-electron chi connectivity index (χ2n) is 7.76. The van der Waals surface area contributed by atoms with Crippen LogP contribution in [0, 0.1) is 11.8 Å². The first-order valence-corrected chi connectivity index (χ1v) is 11.3.